The molecule has 0 aromatic carbocycles. The fourth-order valence-electron chi connectivity index (χ4n) is 2.29. The Hall–Kier alpha value is -1.49. The lowest BCUT2D eigenvalue weighted by Gasteiger charge is -2.35. The maximum Gasteiger partial charge on any atom is 0.248 e. The van der Waals surface area contributed by atoms with Crippen LogP contribution in [-0.4, -0.2) is 39.0 Å². The number of aryl methyl sites for hydroxylation is 1. The standard InChI is InChI=1S/C12H17N3O2/c1-9-13-6-5-10(14-9)11-4-2-3-7-15(11)12(17)8-16/h5-6,11,16H,2-4,7-8H2,1H3. The van der Waals surface area contributed by atoms with Gasteiger partial charge in [-0.2, -0.15) is 0 Å². The van der Waals surface area contributed by atoms with E-state index in [0.717, 1.165) is 25.0 Å². The number of piperidine rings is 1. The number of amides is 1. The minimum Gasteiger partial charge on any atom is -0.387 e. The van der Waals surface area contributed by atoms with E-state index in [1.807, 2.05) is 13.0 Å². The molecule has 0 aliphatic carbocycles. The molecule has 1 amide bonds. The topological polar surface area (TPSA) is 66.3 Å². The van der Waals surface area contributed by atoms with E-state index < -0.39 is 6.61 Å². The van der Waals surface area contributed by atoms with Crippen LogP contribution in [0.4, 0.5) is 0 Å². The fourth-order valence-corrected chi connectivity index (χ4v) is 2.29. The molecule has 2 rings (SSSR count). The summed E-state index contributed by atoms with van der Waals surface area (Å²) in [5, 5.41) is 8.98. The molecule has 2 heterocycles. The molecule has 92 valence electrons. The van der Waals surface area contributed by atoms with Crippen molar-refractivity contribution in [3.63, 3.8) is 0 Å². The van der Waals surface area contributed by atoms with Gasteiger partial charge in [0.1, 0.15) is 12.4 Å². The molecule has 1 aliphatic heterocycles. The molecular weight excluding hydrogens is 218 g/mol. The Bertz CT molecular complexity index is 408. The predicted octanol–water partition coefficient (Wildman–Crippen LogP) is 0.831. The zero-order valence-electron chi connectivity index (χ0n) is 9.96. The smallest absolute Gasteiger partial charge is 0.248 e. The molecule has 5 heteroatoms. The number of aromatic nitrogens is 2. The highest BCUT2D eigenvalue weighted by atomic mass is 16.3. The van der Waals surface area contributed by atoms with Crippen LogP contribution in [0, 0.1) is 6.92 Å². The van der Waals surface area contributed by atoms with Gasteiger partial charge in [-0.15, -0.1) is 0 Å². The predicted molar refractivity (Wildman–Crippen MR) is 62.2 cm³/mol. The van der Waals surface area contributed by atoms with Crippen LogP contribution in [0.1, 0.15) is 36.8 Å². The summed E-state index contributed by atoms with van der Waals surface area (Å²) in [4.78, 5) is 21.8. The molecule has 0 saturated carbocycles. The van der Waals surface area contributed by atoms with Crippen molar-refractivity contribution >= 4 is 5.91 Å². The average molecular weight is 235 g/mol. The SMILES string of the molecule is Cc1nccc(C2CCCCN2C(=O)CO)n1. The van der Waals surface area contributed by atoms with Gasteiger partial charge >= 0.3 is 0 Å². The zero-order valence-corrected chi connectivity index (χ0v) is 9.96. The molecule has 1 aliphatic rings. The van der Waals surface area contributed by atoms with Gasteiger partial charge in [0.05, 0.1) is 11.7 Å². The van der Waals surface area contributed by atoms with Crippen LogP contribution in [0.25, 0.3) is 0 Å². The molecule has 1 unspecified atom stereocenters. The number of hydrogen-bond donors (Lipinski definition) is 1. The first-order valence-corrected chi connectivity index (χ1v) is 5.92. The van der Waals surface area contributed by atoms with Crippen LogP contribution in [-0.2, 0) is 4.79 Å². The van der Waals surface area contributed by atoms with Gasteiger partial charge in [0.15, 0.2) is 0 Å². The van der Waals surface area contributed by atoms with E-state index in [9.17, 15) is 4.79 Å². The van der Waals surface area contributed by atoms with Crippen LogP contribution < -0.4 is 0 Å². The highest BCUT2D eigenvalue weighted by Crippen LogP contribution is 2.29. The third-order valence-electron chi connectivity index (χ3n) is 3.10. The molecule has 1 N–H and O–H groups in total. The number of hydrogen-bond acceptors (Lipinski definition) is 4. The van der Waals surface area contributed by atoms with Crippen molar-refractivity contribution in [3.05, 3.63) is 23.8 Å². The van der Waals surface area contributed by atoms with E-state index in [-0.39, 0.29) is 11.9 Å². The molecule has 0 spiro atoms. The monoisotopic (exact) mass is 235 g/mol. The van der Waals surface area contributed by atoms with Crippen LogP contribution in [0.2, 0.25) is 0 Å². The van der Waals surface area contributed by atoms with Gasteiger partial charge in [-0.3, -0.25) is 4.79 Å². The summed E-state index contributed by atoms with van der Waals surface area (Å²) in [6.45, 7) is 2.11. The van der Waals surface area contributed by atoms with Crippen LogP contribution in [0.15, 0.2) is 12.3 Å². The number of rotatable bonds is 2. The van der Waals surface area contributed by atoms with Gasteiger partial charge in [-0.05, 0) is 32.3 Å². The molecule has 1 atom stereocenters. The summed E-state index contributed by atoms with van der Waals surface area (Å²) in [5.74, 6) is 0.496. The number of aliphatic hydroxyl groups excluding tert-OH is 1. The molecule has 1 aromatic heterocycles. The van der Waals surface area contributed by atoms with E-state index in [1.54, 1.807) is 11.1 Å². The van der Waals surface area contributed by atoms with E-state index in [2.05, 4.69) is 9.97 Å². The van der Waals surface area contributed by atoms with Gasteiger partial charge in [-0.1, -0.05) is 0 Å². The van der Waals surface area contributed by atoms with Crippen molar-refractivity contribution in [2.75, 3.05) is 13.2 Å². The van der Waals surface area contributed by atoms with E-state index in [0.29, 0.717) is 12.4 Å². The Morgan fingerprint density at radius 2 is 2.41 bits per heavy atom. The van der Waals surface area contributed by atoms with E-state index in [4.69, 9.17) is 5.11 Å². The lowest BCUT2D eigenvalue weighted by molar-refractivity contribution is -0.138. The average Bonchev–Trinajstić information content (AvgIpc) is 2.38. The van der Waals surface area contributed by atoms with E-state index >= 15 is 0 Å². The Kier molecular flexibility index (Phi) is 3.68. The molecule has 1 saturated heterocycles. The Labute approximate surface area is 100 Å². The van der Waals surface area contributed by atoms with Gasteiger partial charge in [0, 0.05) is 12.7 Å². The van der Waals surface area contributed by atoms with Crippen LogP contribution in [0.3, 0.4) is 0 Å². The Morgan fingerprint density at radius 1 is 1.59 bits per heavy atom. The van der Waals surface area contributed by atoms with Crippen LogP contribution >= 0.6 is 0 Å². The fraction of sp³-hybridized carbons (Fsp3) is 0.583. The largest absolute Gasteiger partial charge is 0.387 e. The summed E-state index contributed by atoms with van der Waals surface area (Å²) in [5.41, 5.74) is 0.874. The molecule has 5 nitrogen and oxygen atoms in total. The Balaban J connectivity index is 2.24. The van der Waals surface area contributed by atoms with Crippen molar-refractivity contribution in [1.82, 2.24) is 14.9 Å². The summed E-state index contributed by atoms with van der Waals surface area (Å²) < 4.78 is 0. The first-order chi connectivity index (χ1) is 8.22. The summed E-state index contributed by atoms with van der Waals surface area (Å²) in [6, 6.07) is 1.84. The van der Waals surface area contributed by atoms with Gasteiger partial charge in [0.2, 0.25) is 5.91 Å². The van der Waals surface area contributed by atoms with Crippen molar-refractivity contribution in [2.45, 2.75) is 32.2 Å². The minimum atomic E-state index is -0.430. The minimum absolute atomic E-state index is 0.00917. The quantitative estimate of drug-likeness (QED) is 0.824. The highest BCUT2D eigenvalue weighted by molar-refractivity contribution is 5.77. The molecule has 1 aromatic rings. The number of nitrogens with zero attached hydrogens (tertiary/aromatic N) is 3. The van der Waals surface area contributed by atoms with Crippen molar-refractivity contribution in [2.24, 2.45) is 0 Å². The second-order valence-corrected chi connectivity index (χ2v) is 4.29. The number of carbonyl (C=O) groups excluding carboxylic acids is 1. The zero-order chi connectivity index (χ0) is 12.3. The molecule has 17 heavy (non-hydrogen) atoms. The second kappa shape index (κ2) is 5.23. The van der Waals surface area contributed by atoms with Gasteiger partial charge < -0.3 is 10.0 Å². The Morgan fingerprint density at radius 3 is 3.12 bits per heavy atom. The van der Waals surface area contributed by atoms with Crippen molar-refractivity contribution in [1.29, 1.82) is 0 Å². The molecule has 1 fully saturated rings. The second-order valence-electron chi connectivity index (χ2n) is 4.29. The third kappa shape index (κ3) is 2.61. The number of carbonyl (C=O) groups is 1. The lowest BCUT2D eigenvalue weighted by Crippen LogP contribution is -2.40. The molecule has 0 bridgehead atoms. The molecule has 0 radical (unpaired) electrons. The maximum absolute atomic E-state index is 11.7. The normalized spacial score (nSPS) is 20.4. The van der Waals surface area contributed by atoms with Crippen LogP contribution in [0.5, 0.6) is 0 Å². The molecular formula is C12H17N3O2. The first kappa shape index (κ1) is 12.0. The third-order valence-corrected chi connectivity index (χ3v) is 3.10. The van der Waals surface area contributed by atoms with Crippen molar-refractivity contribution in [3.8, 4) is 0 Å². The lowest BCUT2D eigenvalue weighted by atomic mass is 9.99. The highest BCUT2D eigenvalue weighted by Gasteiger charge is 2.28. The maximum atomic E-state index is 11.7. The summed E-state index contributed by atoms with van der Waals surface area (Å²) >= 11 is 0. The van der Waals surface area contributed by atoms with Crippen molar-refractivity contribution < 1.29 is 9.90 Å². The first-order valence-electron chi connectivity index (χ1n) is 5.92. The van der Waals surface area contributed by atoms with Gasteiger partial charge in [0.25, 0.3) is 0 Å². The number of likely N-dealkylation sites (tertiary alicyclic amines) is 1. The summed E-state index contributed by atoms with van der Waals surface area (Å²) in [6.07, 6.45) is 4.70. The summed E-state index contributed by atoms with van der Waals surface area (Å²) in [7, 11) is 0. The number of aliphatic hydroxyl groups is 1. The van der Waals surface area contributed by atoms with E-state index in [1.165, 1.54) is 0 Å². The van der Waals surface area contributed by atoms with Gasteiger partial charge in [-0.25, -0.2) is 9.97 Å².